The van der Waals surface area contributed by atoms with Crippen LogP contribution >= 0.6 is 0 Å². The number of ether oxygens (including phenoxy) is 2. The van der Waals surface area contributed by atoms with Crippen LogP contribution in [0, 0.1) is 11.3 Å². The number of phenolic OH excluding ortho intramolecular Hbond substituents is 1. The van der Waals surface area contributed by atoms with E-state index in [1.165, 1.54) is 32.4 Å². The lowest BCUT2D eigenvalue weighted by atomic mass is 10.1. The Morgan fingerprint density at radius 2 is 2.22 bits per heavy atom. The Labute approximate surface area is 105 Å². The van der Waals surface area contributed by atoms with E-state index in [4.69, 9.17) is 10.00 Å². The van der Waals surface area contributed by atoms with Crippen LogP contribution in [0.5, 0.6) is 11.5 Å². The van der Waals surface area contributed by atoms with Crippen LogP contribution in [0.3, 0.4) is 0 Å². The van der Waals surface area contributed by atoms with Gasteiger partial charge in [0.25, 0.3) is 0 Å². The first-order valence-electron chi connectivity index (χ1n) is 5.16. The van der Waals surface area contributed by atoms with Crippen molar-refractivity contribution in [2.24, 2.45) is 0 Å². The van der Waals surface area contributed by atoms with Crippen molar-refractivity contribution in [1.29, 1.82) is 5.26 Å². The number of esters is 1. The van der Waals surface area contributed by atoms with Crippen molar-refractivity contribution in [2.75, 3.05) is 14.2 Å². The van der Waals surface area contributed by atoms with E-state index in [0.29, 0.717) is 11.1 Å². The van der Waals surface area contributed by atoms with Crippen molar-refractivity contribution in [2.45, 2.75) is 6.42 Å². The lowest BCUT2D eigenvalue weighted by molar-refractivity contribution is -0.139. The van der Waals surface area contributed by atoms with Gasteiger partial charge < -0.3 is 14.6 Å². The van der Waals surface area contributed by atoms with Gasteiger partial charge in [-0.3, -0.25) is 4.79 Å². The molecule has 0 aromatic heterocycles. The summed E-state index contributed by atoms with van der Waals surface area (Å²) in [6.45, 7) is 0. The predicted molar refractivity (Wildman–Crippen MR) is 65.0 cm³/mol. The number of aromatic hydroxyl groups is 1. The summed E-state index contributed by atoms with van der Waals surface area (Å²) in [5.74, 6) is -0.237. The molecule has 1 aromatic rings. The Kier molecular flexibility index (Phi) is 4.76. The molecule has 1 rings (SSSR count). The van der Waals surface area contributed by atoms with Crippen molar-refractivity contribution < 1.29 is 19.4 Å². The summed E-state index contributed by atoms with van der Waals surface area (Å²) in [5.41, 5.74) is 0.775. The Bertz CT molecular complexity index is 514. The van der Waals surface area contributed by atoms with Crippen LogP contribution in [-0.2, 0) is 9.53 Å². The summed E-state index contributed by atoms with van der Waals surface area (Å²) < 4.78 is 9.43. The Morgan fingerprint density at radius 1 is 1.50 bits per heavy atom. The average molecular weight is 247 g/mol. The van der Waals surface area contributed by atoms with Crippen LogP contribution in [0.2, 0.25) is 0 Å². The van der Waals surface area contributed by atoms with Gasteiger partial charge in [-0.25, -0.2) is 0 Å². The molecule has 0 amide bonds. The Hall–Kier alpha value is -2.48. The monoisotopic (exact) mass is 247 g/mol. The molecule has 0 aliphatic heterocycles. The van der Waals surface area contributed by atoms with Gasteiger partial charge in [0.05, 0.1) is 32.3 Å². The van der Waals surface area contributed by atoms with E-state index >= 15 is 0 Å². The normalized spacial score (nSPS) is 10.1. The predicted octanol–water partition coefficient (Wildman–Crippen LogP) is 1.85. The zero-order valence-electron chi connectivity index (χ0n) is 10.1. The van der Waals surface area contributed by atoms with Gasteiger partial charge in [0.15, 0.2) is 11.5 Å². The number of hydrogen-bond acceptors (Lipinski definition) is 5. The molecule has 0 atom stereocenters. The van der Waals surface area contributed by atoms with Crippen molar-refractivity contribution in [3.63, 3.8) is 0 Å². The zero-order valence-corrected chi connectivity index (χ0v) is 10.1. The Morgan fingerprint density at radius 3 is 2.78 bits per heavy atom. The SMILES string of the molecule is COC(=O)CC=Cc1cc(C#N)cc(OC)c1O. The third-order valence-corrected chi connectivity index (χ3v) is 2.26. The number of phenols is 1. The summed E-state index contributed by atoms with van der Waals surface area (Å²) in [5, 5.41) is 18.7. The highest BCUT2D eigenvalue weighted by Gasteiger charge is 2.08. The zero-order chi connectivity index (χ0) is 13.5. The van der Waals surface area contributed by atoms with Gasteiger partial charge in [0.1, 0.15) is 0 Å². The summed E-state index contributed by atoms with van der Waals surface area (Å²) >= 11 is 0. The fourth-order valence-electron chi connectivity index (χ4n) is 1.34. The highest BCUT2D eigenvalue weighted by atomic mass is 16.5. The number of rotatable bonds is 4. The van der Waals surface area contributed by atoms with Crippen LogP contribution in [0.4, 0.5) is 0 Å². The first-order chi connectivity index (χ1) is 8.62. The third-order valence-electron chi connectivity index (χ3n) is 2.26. The van der Waals surface area contributed by atoms with E-state index < -0.39 is 0 Å². The lowest BCUT2D eigenvalue weighted by Gasteiger charge is -2.06. The van der Waals surface area contributed by atoms with Gasteiger partial charge in [0.2, 0.25) is 0 Å². The summed E-state index contributed by atoms with van der Waals surface area (Å²) in [4.78, 5) is 10.9. The minimum absolute atomic E-state index is 0.0717. The standard InChI is InChI=1S/C13H13NO4/c1-17-11-7-9(8-14)6-10(13(11)16)4-3-5-12(15)18-2/h3-4,6-7,16H,5H2,1-2H3. The fourth-order valence-corrected chi connectivity index (χ4v) is 1.34. The maximum atomic E-state index is 10.9. The maximum Gasteiger partial charge on any atom is 0.309 e. The van der Waals surface area contributed by atoms with Crippen molar-refractivity contribution in [3.8, 4) is 17.6 Å². The van der Waals surface area contributed by atoms with Crippen LogP contribution in [0.25, 0.3) is 6.08 Å². The number of nitriles is 1. The van der Waals surface area contributed by atoms with Crippen molar-refractivity contribution >= 4 is 12.0 Å². The number of carbonyl (C=O) groups excluding carboxylic acids is 1. The van der Waals surface area contributed by atoms with Gasteiger partial charge in [-0.2, -0.15) is 5.26 Å². The molecule has 0 saturated carbocycles. The number of benzene rings is 1. The molecule has 0 aliphatic carbocycles. The van der Waals surface area contributed by atoms with Crippen molar-refractivity contribution in [1.82, 2.24) is 0 Å². The van der Waals surface area contributed by atoms with E-state index in [0.717, 1.165) is 0 Å². The largest absolute Gasteiger partial charge is 0.504 e. The molecule has 1 N–H and O–H groups in total. The second kappa shape index (κ2) is 6.30. The fraction of sp³-hybridized carbons (Fsp3) is 0.231. The van der Waals surface area contributed by atoms with E-state index in [1.54, 1.807) is 6.08 Å². The van der Waals surface area contributed by atoms with Gasteiger partial charge in [-0.05, 0) is 6.07 Å². The molecule has 0 radical (unpaired) electrons. The molecule has 0 heterocycles. The molecule has 94 valence electrons. The van der Waals surface area contributed by atoms with E-state index in [2.05, 4.69) is 4.74 Å². The van der Waals surface area contributed by atoms with Crippen LogP contribution < -0.4 is 4.74 Å². The summed E-state index contributed by atoms with van der Waals surface area (Å²) in [7, 11) is 2.70. The molecule has 1 aromatic carbocycles. The van der Waals surface area contributed by atoms with E-state index in [1.807, 2.05) is 6.07 Å². The number of methoxy groups -OCH3 is 2. The number of carbonyl (C=O) groups is 1. The molecule has 5 heteroatoms. The number of nitrogens with zero attached hydrogens (tertiary/aromatic N) is 1. The lowest BCUT2D eigenvalue weighted by Crippen LogP contribution is -1.96. The van der Waals surface area contributed by atoms with Gasteiger partial charge in [-0.15, -0.1) is 0 Å². The van der Waals surface area contributed by atoms with E-state index in [9.17, 15) is 9.90 Å². The second-order valence-electron chi connectivity index (χ2n) is 3.41. The van der Waals surface area contributed by atoms with E-state index in [-0.39, 0.29) is 23.9 Å². The topological polar surface area (TPSA) is 79.6 Å². The van der Waals surface area contributed by atoms with Crippen LogP contribution in [-0.4, -0.2) is 25.3 Å². The number of hydrogen-bond donors (Lipinski definition) is 1. The summed E-state index contributed by atoms with van der Waals surface area (Å²) in [6, 6.07) is 4.91. The Balaban J connectivity index is 3.01. The first kappa shape index (κ1) is 13.6. The molecule has 0 fully saturated rings. The molecule has 0 spiro atoms. The minimum atomic E-state index is -0.380. The molecular formula is C13H13NO4. The first-order valence-corrected chi connectivity index (χ1v) is 5.16. The summed E-state index contributed by atoms with van der Waals surface area (Å²) in [6.07, 6.45) is 3.17. The van der Waals surface area contributed by atoms with Gasteiger partial charge in [0, 0.05) is 11.6 Å². The highest BCUT2D eigenvalue weighted by molar-refractivity contribution is 5.73. The van der Waals surface area contributed by atoms with Crippen molar-refractivity contribution in [3.05, 3.63) is 29.3 Å². The third kappa shape index (κ3) is 3.25. The maximum absolute atomic E-state index is 10.9. The highest BCUT2D eigenvalue weighted by Crippen LogP contribution is 2.32. The van der Waals surface area contributed by atoms with Gasteiger partial charge in [-0.1, -0.05) is 12.2 Å². The quantitative estimate of drug-likeness (QED) is 0.821. The molecule has 0 bridgehead atoms. The van der Waals surface area contributed by atoms with Gasteiger partial charge >= 0.3 is 5.97 Å². The molecule has 0 aliphatic rings. The molecule has 18 heavy (non-hydrogen) atoms. The van der Waals surface area contributed by atoms with Crippen LogP contribution in [0.15, 0.2) is 18.2 Å². The molecule has 5 nitrogen and oxygen atoms in total. The smallest absolute Gasteiger partial charge is 0.309 e. The average Bonchev–Trinajstić information content (AvgIpc) is 2.40. The van der Waals surface area contributed by atoms with Crippen LogP contribution in [0.1, 0.15) is 17.5 Å². The molecule has 0 unspecified atom stereocenters. The molecule has 0 saturated heterocycles. The minimum Gasteiger partial charge on any atom is -0.504 e. The second-order valence-corrected chi connectivity index (χ2v) is 3.41. The molecular weight excluding hydrogens is 234 g/mol.